The van der Waals surface area contributed by atoms with Gasteiger partial charge < -0.3 is 5.32 Å². The van der Waals surface area contributed by atoms with E-state index in [1.54, 1.807) is 6.07 Å². The normalized spacial score (nSPS) is 30.1. The van der Waals surface area contributed by atoms with Crippen molar-refractivity contribution >= 4 is 17.4 Å². The molecule has 4 nitrogen and oxygen atoms in total. The van der Waals surface area contributed by atoms with Crippen molar-refractivity contribution in [1.29, 1.82) is 0 Å². The van der Waals surface area contributed by atoms with E-state index < -0.39 is 5.92 Å². The number of hydrogen-bond donors (Lipinski definition) is 1. The first kappa shape index (κ1) is 24.3. The highest BCUT2D eigenvalue weighted by Gasteiger charge is 2.59. The molecule has 1 heterocycles. The molecule has 1 aromatic rings. The number of Topliss-reactive ketones (excluding diaryl/α,β-unsaturated/α-hetero) is 1. The van der Waals surface area contributed by atoms with Crippen LogP contribution < -0.4 is 5.32 Å². The summed E-state index contributed by atoms with van der Waals surface area (Å²) >= 11 is 0. The van der Waals surface area contributed by atoms with Crippen LogP contribution in [0.4, 0.5) is 14.5 Å². The van der Waals surface area contributed by atoms with Crippen LogP contribution in [-0.4, -0.2) is 35.7 Å². The van der Waals surface area contributed by atoms with Gasteiger partial charge in [-0.15, -0.1) is 0 Å². The largest absolute Gasteiger partial charge is 0.326 e. The molecule has 33 heavy (non-hydrogen) atoms. The van der Waals surface area contributed by atoms with Crippen LogP contribution in [0.15, 0.2) is 24.3 Å². The van der Waals surface area contributed by atoms with Crippen molar-refractivity contribution in [2.45, 2.75) is 78.2 Å². The van der Waals surface area contributed by atoms with E-state index in [2.05, 4.69) is 31.0 Å². The monoisotopic (exact) mass is 460 g/mol. The summed E-state index contributed by atoms with van der Waals surface area (Å²) in [6.45, 7) is 9.92. The molecule has 0 aromatic heterocycles. The number of carbonyl (C=O) groups is 2. The number of halogens is 2. The fourth-order valence-corrected chi connectivity index (χ4v) is 6.14. The Balaban J connectivity index is 1.18. The van der Waals surface area contributed by atoms with Gasteiger partial charge in [0.15, 0.2) is 0 Å². The molecular formula is C27H38F2N2O2. The summed E-state index contributed by atoms with van der Waals surface area (Å²) in [6.07, 6.45) is 5.47. The van der Waals surface area contributed by atoms with Gasteiger partial charge in [0, 0.05) is 56.1 Å². The molecule has 6 heteroatoms. The number of likely N-dealkylation sites (tertiary alicyclic amines) is 1. The Bertz CT molecular complexity index is 869. The van der Waals surface area contributed by atoms with Gasteiger partial charge in [-0.05, 0) is 61.0 Å². The van der Waals surface area contributed by atoms with Crippen molar-refractivity contribution in [1.82, 2.24) is 4.90 Å². The molecule has 3 atom stereocenters. The van der Waals surface area contributed by atoms with Gasteiger partial charge in [0.25, 0.3) is 5.92 Å². The lowest BCUT2D eigenvalue weighted by atomic mass is 9.71. The number of fused-ring (bicyclic) bond motifs is 1. The van der Waals surface area contributed by atoms with Gasteiger partial charge >= 0.3 is 0 Å². The molecule has 2 aliphatic carbocycles. The smallest absolute Gasteiger partial charge is 0.270 e. The zero-order valence-electron chi connectivity index (χ0n) is 20.4. The predicted molar refractivity (Wildman–Crippen MR) is 126 cm³/mol. The number of nitrogens with one attached hydrogen (secondary N) is 1. The lowest BCUT2D eigenvalue weighted by molar-refractivity contribution is -0.124. The first-order valence-corrected chi connectivity index (χ1v) is 12.5. The minimum Gasteiger partial charge on any atom is -0.326 e. The second-order valence-corrected chi connectivity index (χ2v) is 11.7. The molecule has 0 radical (unpaired) electrons. The average molecular weight is 461 g/mol. The molecule has 1 N–H and O–H groups in total. The van der Waals surface area contributed by atoms with Crippen LogP contribution >= 0.6 is 0 Å². The summed E-state index contributed by atoms with van der Waals surface area (Å²) in [5, 5.41) is 2.65. The van der Waals surface area contributed by atoms with E-state index in [1.165, 1.54) is 43.9 Å². The second-order valence-electron chi connectivity index (χ2n) is 11.7. The maximum atomic E-state index is 13.5. The highest BCUT2D eigenvalue weighted by atomic mass is 19.3. The predicted octanol–water partition coefficient (Wildman–Crippen LogP) is 5.87. The maximum Gasteiger partial charge on any atom is 0.270 e. The highest BCUT2D eigenvalue weighted by molar-refractivity contribution is 5.94. The molecule has 3 fully saturated rings. The van der Waals surface area contributed by atoms with Crippen molar-refractivity contribution in [2.75, 3.05) is 18.4 Å². The molecule has 1 amide bonds. The van der Waals surface area contributed by atoms with Gasteiger partial charge in [-0.1, -0.05) is 32.9 Å². The van der Waals surface area contributed by atoms with Crippen molar-refractivity contribution in [2.24, 2.45) is 29.1 Å². The molecule has 1 saturated heterocycles. The van der Waals surface area contributed by atoms with Crippen LogP contribution in [-0.2, 0) is 15.5 Å². The van der Waals surface area contributed by atoms with Crippen molar-refractivity contribution < 1.29 is 18.4 Å². The van der Waals surface area contributed by atoms with E-state index in [0.717, 1.165) is 25.9 Å². The van der Waals surface area contributed by atoms with Crippen LogP contribution in [0.25, 0.3) is 0 Å². The van der Waals surface area contributed by atoms with Crippen LogP contribution in [0.1, 0.15) is 71.8 Å². The molecule has 4 rings (SSSR count). The minimum absolute atomic E-state index is 0.0993. The Hall–Kier alpha value is -1.82. The van der Waals surface area contributed by atoms with Gasteiger partial charge in [0.2, 0.25) is 5.91 Å². The summed E-state index contributed by atoms with van der Waals surface area (Å²) in [5.41, 5.74) is 0.594. The Kier molecular flexibility index (Phi) is 6.69. The maximum absolute atomic E-state index is 13.5. The number of benzene rings is 1. The zero-order valence-corrected chi connectivity index (χ0v) is 20.4. The molecule has 2 saturated carbocycles. The standard InChI is InChI=1S/C27H38F2N2O2/c1-26(2,3)17-8-10-20(11-9-17)31-15-21-22(16-31)25(21)23(32)12-13-24(33)30-19-7-5-6-18(14-19)27(4,28)29/h5-7,14,17,20-22,25H,8-13,15-16H2,1-4H3,(H,30,33)/t17?,20?,21-,22+,25?. The Morgan fingerprint density at radius 3 is 2.21 bits per heavy atom. The summed E-state index contributed by atoms with van der Waals surface area (Å²) < 4.78 is 27.0. The molecule has 1 unspecified atom stereocenters. The fraction of sp³-hybridized carbons (Fsp3) is 0.704. The fourth-order valence-electron chi connectivity index (χ4n) is 6.14. The van der Waals surface area contributed by atoms with E-state index in [9.17, 15) is 18.4 Å². The van der Waals surface area contributed by atoms with Crippen molar-refractivity contribution in [3.63, 3.8) is 0 Å². The van der Waals surface area contributed by atoms with E-state index in [4.69, 9.17) is 0 Å². The molecule has 0 spiro atoms. The molecule has 0 bridgehead atoms. The zero-order chi connectivity index (χ0) is 24.0. The summed E-state index contributed by atoms with van der Waals surface area (Å²) in [4.78, 5) is 27.6. The lowest BCUT2D eigenvalue weighted by Gasteiger charge is -2.40. The minimum atomic E-state index is -2.96. The average Bonchev–Trinajstić information content (AvgIpc) is 3.24. The summed E-state index contributed by atoms with van der Waals surface area (Å²) in [6, 6.07) is 6.38. The molecule has 1 aromatic carbocycles. The molecule has 3 aliphatic rings. The number of piperidine rings is 1. The topological polar surface area (TPSA) is 49.4 Å². The highest BCUT2D eigenvalue weighted by Crippen LogP contribution is 2.54. The first-order valence-electron chi connectivity index (χ1n) is 12.5. The van der Waals surface area contributed by atoms with Gasteiger partial charge in [-0.3, -0.25) is 14.5 Å². The van der Waals surface area contributed by atoms with Crippen LogP contribution in [0.5, 0.6) is 0 Å². The van der Waals surface area contributed by atoms with E-state index >= 15 is 0 Å². The quantitative estimate of drug-likeness (QED) is 0.554. The van der Waals surface area contributed by atoms with Crippen LogP contribution in [0.2, 0.25) is 0 Å². The van der Waals surface area contributed by atoms with E-state index in [0.29, 0.717) is 29.0 Å². The van der Waals surface area contributed by atoms with Crippen molar-refractivity contribution in [3.05, 3.63) is 29.8 Å². The van der Waals surface area contributed by atoms with Gasteiger partial charge in [0.05, 0.1) is 0 Å². The Labute approximate surface area is 196 Å². The van der Waals surface area contributed by atoms with Gasteiger partial charge in [-0.25, -0.2) is 8.78 Å². The Morgan fingerprint density at radius 1 is 1.00 bits per heavy atom. The molecule has 1 aliphatic heterocycles. The number of anilines is 1. The third kappa shape index (κ3) is 5.64. The van der Waals surface area contributed by atoms with Crippen LogP contribution in [0.3, 0.4) is 0 Å². The van der Waals surface area contributed by atoms with E-state index in [-0.39, 0.29) is 36.0 Å². The van der Waals surface area contributed by atoms with Crippen LogP contribution in [0, 0.1) is 29.1 Å². The van der Waals surface area contributed by atoms with Gasteiger partial charge in [0.1, 0.15) is 5.78 Å². The third-order valence-electron chi connectivity index (χ3n) is 8.28. The number of nitrogens with zero attached hydrogens (tertiary/aromatic N) is 1. The van der Waals surface area contributed by atoms with E-state index in [1.807, 2.05) is 0 Å². The SMILES string of the molecule is CC(F)(F)c1cccc(NC(=O)CCC(=O)C2[C@H]3CN(C4CCC(C(C)(C)C)CC4)C[C@@H]23)c1. The lowest BCUT2D eigenvalue weighted by Crippen LogP contribution is -2.40. The Morgan fingerprint density at radius 2 is 1.64 bits per heavy atom. The second kappa shape index (κ2) is 9.09. The first-order chi connectivity index (χ1) is 15.4. The number of ketones is 1. The summed E-state index contributed by atoms with van der Waals surface area (Å²) in [7, 11) is 0. The number of amides is 1. The van der Waals surface area contributed by atoms with Crippen molar-refractivity contribution in [3.8, 4) is 0 Å². The molecule has 182 valence electrons. The third-order valence-corrected chi connectivity index (χ3v) is 8.28. The summed E-state index contributed by atoms with van der Waals surface area (Å²) in [5.74, 6) is -1.23. The number of carbonyl (C=O) groups excluding carboxylic acids is 2. The number of hydrogen-bond acceptors (Lipinski definition) is 3. The number of rotatable bonds is 7. The van der Waals surface area contributed by atoms with Gasteiger partial charge in [-0.2, -0.15) is 0 Å². The number of alkyl halides is 2. The molecular weight excluding hydrogens is 422 g/mol.